The highest BCUT2D eigenvalue weighted by Crippen LogP contribution is 2.66. The van der Waals surface area contributed by atoms with Crippen molar-refractivity contribution in [3.63, 3.8) is 0 Å². The van der Waals surface area contributed by atoms with Crippen molar-refractivity contribution in [3.05, 3.63) is 23.8 Å². The third-order valence-corrected chi connectivity index (χ3v) is 5.41. The van der Waals surface area contributed by atoms with E-state index < -0.39 is 0 Å². The van der Waals surface area contributed by atoms with Crippen LogP contribution in [0.1, 0.15) is 38.2 Å². The van der Waals surface area contributed by atoms with Crippen LogP contribution < -0.4 is 14.9 Å². The topological polar surface area (TPSA) is 59.9 Å². The second-order valence-corrected chi connectivity index (χ2v) is 6.68. The first kappa shape index (κ1) is 15.8. The molecule has 5 nitrogen and oxygen atoms in total. The van der Waals surface area contributed by atoms with Crippen molar-refractivity contribution in [1.29, 1.82) is 0 Å². The molecule has 1 N–H and O–H groups in total. The number of nitrogens with zero attached hydrogens (tertiary/aromatic N) is 1. The Balaban J connectivity index is 1.60. The van der Waals surface area contributed by atoms with Gasteiger partial charge in [0.15, 0.2) is 11.5 Å². The van der Waals surface area contributed by atoms with Crippen molar-refractivity contribution in [2.45, 2.75) is 32.6 Å². The molecular formula is C18H24N2O3. The molecule has 0 unspecified atom stereocenters. The maximum Gasteiger partial charge on any atom is 0.244 e. The van der Waals surface area contributed by atoms with Gasteiger partial charge < -0.3 is 9.47 Å². The van der Waals surface area contributed by atoms with Crippen LogP contribution in [-0.4, -0.2) is 26.3 Å². The van der Waals surface area contributed by atoms with E-state index in [-0.39, 0.29) is 17.2 Å². The van der Waals surface area contributed by atoms with Crippen LogP contribution in [0, 0.1) is 17.3 Å². The molecule has 1 aromatic rings. The summed E-state index contributed by atoms with van der Waals surface area (Å²) in [7, 11) is 3.19. The van der Waals surface area contributed by atoms with Crippen molar-refractivity contribution in [3.8, 4) is 11.5 Å². The van der Waals surface area contributed by atoms with Crippen LogP contribution in [0.15, 0.2) is 23.3 Å². The predicted molar refractivity (Wildman–Crippen MR) is 88.8 cm³/mol. The van der Waals surface area contributed by atoms with Gasteiger partial charge in [-0.25, -0.2) is 5.43 Å². The van der Waals surface area contributed by atoms with E-state index in [1.54, 1.807) is 20.4 Å². The largest absolute Gasteiger partial charge is 0.493 e. The first-order valence-electron chi connectivity index (χ1n) is 8.15. The predicted octanol–water partition coefficient (Wildman–Crippen LogP) is 2.98. The van der Waals surface area contributed by atoms with Gasteiger partial charge in [-0.05, 0) is 47.9 Å². The van der Waals surface area contributed by atoms with Gasteiger partial charge in [-0.1, -0.05) is 19.8 Å². The molecule has 0 heterocycles. The monoisotopic (exact) mass is 316 g/mol. The second kappa shape index (κ2) is 6.22. The second-order valence-electron chi connectivity index (χ2n) is 6.68. The third kappa shape index (κ3) is 2.92. The van der Waals surface area contributed by atoms with Crippen LogP contribution in [0.5, 0.6) is 11.5 Å². The minimum Gasteiger partial charge on any atom is -0.493 e. The minimum atomic E-state index is 0.0520. The molecule has 2 saturated carbocycles. The Morgan fingerprint density at radius 2 is 2.09 bits per heavy atom. The van der Waals surface area contributed by atoms with Crippen molar-refractivity contribution < 1.29 is 14.3 Å². The van der Waals surface area contributed by atoms with Crippen molar-refractivity contribution in [1.82, 2.24) is 5.43 Å². The zero-order valence-electron chi connectivity index (χ0n) is 14.0. The van der Waals surface area contributed by atoms with Gasteiger partial charge in [-0.15, -0.1) is 0 Å². The Hall–Kier alpha value is -2.04. The SMILES string of the molecule is COc1ccc(/C=N/NC(=O)[C@@H]2[C@H]3CCCC[C@@]32C)cc1OC. The summed E-state index contributed by atoms with van der Waals surface area (Å²) >= 11 is 0. The maximum atomic E-state index is 12.3. The van der Waals surface area contributed by atoms with E-state index in [0.29, 0.717) is 17.4 Å². The first-order valence-corrected chi connectivity index (χ1v) is 8.15. The Morgan fingerprint density at radius 3 is 2.74 bits per heavy atom. The summed E-state index contributed by atoms with van der Waals surface area (Å²) in [5.41, 5.74) is 3.76. The molecule has 0 aliphatic heterocycles. The molecule has 23 heavy (non-hydrogen) atoms. The van der Waals surface area contributed by atoms with Crippen LogP contribution in [0.2, 0.25) is 0 Å². The number of hydrazone groups is 1. The Labute approximate surface area is 137 Å². The number of methoxy groups -OCH3 is 2. The molecule has 2 fully saturated rings. The molecule has 1 aromatic carbocycles. The summed E-state index contributed by atoms with van der Waals surface area (Å²) in [6.45, 7) is 2.24. The van der Waals surface area contributed by atoms with Crippen LogP contribution in [0.25, 0.3) is 0 Å². The first-order chi connectivity index (χ1) is 11.1. The lowest BCUT2D eigenvalue weighted by molar-refractivity contribution is -0.123. The van der Waals surface area contributed by atoms with Crippen LogP contribution in [0.3, 0.4) is 0 Å². The number of amides is 1. The average molecular weight is 316 g/mol. The summed E-state index contributed by atoms with van der Waals surface area (Å²) in [4.78, 5) is 12.3. The molecule has 0 saturated heterocycles. The highest BCUT2D eigenvalue weighted by molar-refractivity contribution is 5.86. The summed E-state index contributed by atoms with van der Waals surface area (Å²) in [5, 5.41) is 4.10. The fraction of sp³-hybridized carbons (Fsp3) is 0.556. The van der Waals surface area contributed by atoms with Crippen LogP contribution in [0.4, 0.5) is 0 Å². The molecule has 0 spiro atoms. The molecule has 1 amide bonds. The smallest absolute Gasteiger partial charge is 0.244 e. The maximum absolute atomic E-state index is 12.3. The number of fused-ring (bicyclic) bond motifs is 1. The lowest BCUT2D eigenvalue weighted by Gasteiger charge is -2.15. The molecule has 3 rings (SSSR count). The number of nitrogens with one attached hydrogen (secondary N) is 1. The van der Waals surface area contributed by atoms with Gasteiger partial charge in [0, 0.05) is 5.92 Å². The van der Waals surface area contributed by atoms with Crippen molar-refractivity contribution >= 4 is 12.1 Å². The summed E-state index contributed by atoms with van der Waals surface area (Å²) in [6, 6.07) is 5.51. The average Bonchev–Trinajstić information content (AvgIpc) is 3.20. The van der Waals surface area contributed by atoms with Gasteiger partial charge in [-0.3, -0.25) is 4.79 Å². The zero-order chi connectivity index (χ0) is 16.4. The standard InChI is InChI=1S/C18H24N2O3/c1-18-9-5-4-6-13(18)16(18)17(21)20-19-11-12-7-8-14(22-2)15(10-12)23-3/h7-8,10-11,13,16H,4-6,9H2,1-3H3,(H,20,21)/b19-11+/t13-,16+,18+/m1/s1. The van der Waals surface area contributed by atoms with Crippen LogP contribution in [-0.2, 0) is 4.79 Å². The Kier molecular flexibility index (Phi) is 4.28. The molecule has 0 radical (unpaired) electrons. The fourth-order valence-electron chi connectivity index (χ4n) is 4.02. The van der Waals surface area contributed by atoms with E-state index in [1.807, 2.05) is 18.2 Å². The lowest BCUT2D eigenvalue weighted by Crippen LogP contribution is -2.22. The minimum absolute atomic E-state index is 0.0520. The molecular weight excluding hydrogens is 292 g/mol. The Bertz CT molecular complexity index is 629. The molecule has 124 valence electrons. The molecule has 0 aromatic heterocycles. The molecule has 3 atom stereocenters. The van der Waals surface area contributed by atoms with Gasteiger partial charge >= 0.3 is 0 Å². The number of hydrogen-bond acceptors (Lipinski definition) is 4. The van der Waals surface area contributed by atoms with Gasteiger partial charge in [0.05, 0.1) is 20.4 Å². The molecule has 2 aliphatic carbocycles. The lowest BCUT2D eigenvalue weighted by atomic mass is 9.90. The highest BCUT2D eigenvalue weighted by atomic mass is 16.5. The number of carbonyl (C=O) groups excluding carboxylic acids is 1. The highest BCUT2D eigenvalue weighted by Gasteiger charge is 2.64. The summed E-state index contributed by atoms with van der Waals surface area (Å²) in [6.07, 6.45) is 6.46. The number of ether oxygens (including phenoxy) is 2. The van der Waals surface area contributed by atoms with Crippen molar-refractivity contribution in [2.24, 2.45) is 22.4 Å². The third-order valence-electron chi connectivity index (χ3n) is 5.41. The van der Waals surface area contributed by atoms with E-state index in [4.69, 9.17) is 9.47 Å². The van der Waals surface area contributed by atoms with E-state index in [0.717, 1.165) is 12.0 Å². The molecule has 5 heteroatoms. The van der Waals surface area contributed by atoms with E-state index in [9.17, 15) is 4.79 Å². The zero-order valence-corrected chi connectivity index (χ0v) is 14.0. The summed E-state index contributed by atoms with van der Waals surface area (Å²) in [5.74, 6) is 2.04. The fourth-order valence-corrected chi connectivity index (χ4v) is 4.02. The number of benzene rings is 1. The van der Waals surface area contributed by atoms with Gasteiger partial charge in [0.25, 0.3) is 0 Å². The van der Waals surface area contributed by atoms with Gasteiger partial charge in [0.1, 0.15) is 0 Å². The molecule has 2 aliphatic rings. The van der Waals surface area contributed by atoms with E-state index in [2.05, 4.69) is 17.5 Å². The number of hydrogen-bond donors (Lipinski definition) is 1. The summed E-state index contributed by atoms with van der Waals surface area (Å²) < 4.78 is 10.5. The quantitative estimate of drug-likeness (QED) is 0.671. The van der Waals surface area contributed by atoms with Crippen molar-refractivity contribution in [2.75, 3.05) is 14.2 Å². The Morgan fingerprint density at radius 1 is 1.30 bits per heavy atom. The van der Waals surface area contributed by atoms with Crippen LogP contribution >= 0.6 is 0 Å². The molecule has 0 bridgehead atoms. The van der Waals surface area contributed by atoms with E-state index >= 15 is 0 Å². The van der Waals surface area contributed by atoms with Gasteiger partial charge in [0.2, 0.25) is 5.91 Å². The van der Waals surface area contributed by atoms with Gasteiger partial charge in [-0.2, -0.15) is 5.10 Å². The number of rotatable bonds is 5. The number of carbonyl (C=O) groups is 1. The van der Waals surface area contributed by atoms with E-state index in [1.165, 1.54) is 19.3 Å². The normalized spacial score (nSPS) is 29.0.